The van der Waals surface area contributed by atoms with Crippen LogP contribution in [0.25, 0.3) is 0 Å². The van der Waals surface area contributed by atoms with Crippen LogP contribution in [0.5, 0.6) is 0 Å². The topological polar surface area (TPSA) is 77.8 Å². The third kappa shape index (κ3) is 6.73. The zero-order valence-corrected chi connectivity index (χ0v) is 16.4. The maximum Gasteiger partial charge on any atom is 0.399 e. The third-order valence-electron chi connectivity index (χ3n) is 3.44. The number of hydrogen-bond acceptors (Lipinski definition) is 3. The first-order valence-electron chi connectivity index (χ1n) is 7.61. The molecule has 24 heavy (non-hydrogen) atoms. The van der Waals surface area contributed by atoms with E-state index in [2.05, 4.69) is 15.9 Å². The molecule has 1 aromatic carbocycles. The highest BCUT2D eigenvalue weighted by atomic mass is 79.9. The summed E-state index contributed by atoms with van der Waals surface area (Å²) in [6, 6.07) is 4.01. The molecule has 0 heterocycles. The minimum atomic E-state index is -5.56. The number of hydrogen-bond donors (Lipinski definition) is 3. The fraction of sp³-hybridized carbons (Fsp3) is 0.600. The average molecular weight is 447 g/mol. The molecule has 138 valence electrons. The largest absolute Gasteiger partial charge is 0.399 e. The van der Waals surface area contributed by atoms with Crippen molar-refractivity contribution in [2.24, 2.45) is 0 Å². The van der Waals surface area contributed by atoms with Gasteiger partial charge in [-0.15, -0.1) is 0 Å². The Morgan fingerprint density at radius 3 is 2.33 bits per heavy atom. The molecule has 0 amide bonds. The van der Waals surface area contributed by atoms with Crippen LogP contribution in [0.15, 0.2) is 22.7 Å². The predicted molar refractivity (Wildman–Crippen MR) is 96.4 cm³/mol. The minimum Gasteiger partial charge on any atom is -0.396 e. The van der Waals surface area contributed by atoms with Crippen LogP contribution in [-0.2, 0) is 16.0 Å². The molecule has 0 radical (unpaired) electrons. The van der Waals surface area contributed by atoms with Gasteiger partial charge in [-0.2, -0.15) is 20.5 Å². The van der Waals surface area contributed by atoms with E-state index in [9.17, 15) is 13.3 Å². The number of halogens is 3. The number of unbranched alkanes of at least 4 members (excludes halogenated alkanes) is 4. The minimum absolute atomic E-state index is 0.00192. The Morgan fingerprint density at radius 2 is 1.75 bits per heavy atom. The summed E-state index contributed by atoms with van der Waals surface area (Å²) in [4.78, 5) is 17.6. The fourth-order valence-corrected chi connectivity index (χ4v) is 4.39. The zero-order valence-electron chi connectivity index (χ0n) is 13.1. The standard InChI is InChI=1S/C15H22BrF2O4PS/c16-14-10-12(11-24-9-5-3-1-2-4-8-19)6-7-13(14)15(17,18)23(20,21)22/h6-7,10,19H,1-5,8-9,11H2,(H2,20,21,22). The Hall–Kier alpha value is 0.0200. The highest BCUT2D eigenvalue weighted by Gasteiger charge is 2.51. The molecule has 0 aromatic heterocycles. The molecule has 3 N–H and O–H groups in total. The zero-order chi connectivity index (χ0) is 18.2. The summed E-state index contributed by atoms with van der Waals surface area (Å²) in [5.41, 5.74) is -4.09. The Bertz CT molecular complexity index is 568. The molecule has 0 bridgehead atoms. The van der Waals surface area contributed by atoms with Crippen LogP contribution in [-0.4, -0.2) is 27.3 Å². The molecule has 1 aromatic rings. The highest BCUT2D eigenvalue weighted by molar-refractivity contribution is 9.10. The van der Waals surface area contributed by atoms with Crippen molar-refractivity contribution in [3.8, 4) is 0 Å². The highest BCUT2D eigenvalue weighted by Crippen LogP contribution is 2.60. The number of aliphatic hydroxyl groups is 1. The van der Waals surface area contributed by atoms with Crippen molar-refractivity contribution in [1.29, 1.82) is 0 Å². The summed E-state index contributed by atoms with van der Waals surface area (Å²) in [5.74, 6) is 1.61. The molecule has 9 heteroatoms. The maximum atomic E-state index is 13.7. The molecular weight excluding hydrogens is 425 g/mol. The van der Waals surface area contributed by atoms with Crippen molar-refractivity contribution >= 4 is 35.3 Å². The first-order chi connectivity index (χ1) is 11.2. The van der Waals surface area contributed by atoms with Crippen molar-refractivity contribution < 1.29 is 28.2 Å². The molecule has 0 aliphatic carbocycles. The molecule has 0 spiro atoms. The average Bonchev–Trinajstić information content (AvgIpc) is 2.48. The molecule has 0 aliphatic rings. The molecule has 0 unspecified atom stereocenters. The van der Waals surface area contributed by atoms with Crippen LogP contribution in [0.1, 0.15) is 43.2 Å². The molecule has 0 atom stereocenters. The quantitative estimate of drug-likeness (QED) is 0.334. The summed E-state index contributed by atoms with van der Waals surface area (Å²) in [6.45, 7) is 0.237. The molecule has 0 saturated carbocycles. The number of aliphatic hydroxyl groups excluding tert-OH is 1. The van der Waals surface area contributed by atoms with Gasteiger partial charge in [-0.1, -0.05) is 47.3 Å². The second kappa shape index (κ2) is 10.2. The predicted octanol–water partition coefficient (Wildman–Crippen LogP) is 4.85. The lowest BCUT2D eigenvalue weighted by Crippen LogP contribution is -2.14. The van der Waals surface area contributed by atoms with E-state index in [0.29, 0.717) is 5.75 Å². The van der Waals surface area contributed by atoms with Crippen molar-refractivity contribution in [3.05, 3.63) is 33.8 Å². The number of benzene rings is 1. The van der Waals surface area contributed by atoms with Gasteiger partial charge in [-0.05, 0) is 30.2 Å². The van der Waals surface area contributed by atoms with Gasteiger partial charge in [-0.3, -0.25) is 4.57 Å². The summed E-state index contributed by atoms with van der Waals surface area (Å²) < 4.78 is 38.4. The van der Waals surface area contributed by atoms with Crippen LogP contribution < -0.4 is 0 Å². The van der Waals surface area contributed by atoms with E-state index in [1.165, 1.54) is 12.1 Å². The fourth-order valence-electron chi connectivity index (χ4n) is 2.09. The van der Waals surface area contributed by atoms with Crippen molar-refractivity contribution in [1.82, 2.24) is 0 Å². The second-order valence-corrected chi connectivity index (χ2v) is 9.05. The van der Waals surface area contributed by atoms with Crippen molar-refractivity contribution in [3.63, 3.8) is 0 Å². The Labute approximate surface area is 153 Å². The van der Waals surface area contributed by atoms with E-state index in [1.807, 2.05) is 0 Å². The molecule has 0 fully saturated rings. The van der Waals surface area contributed by atoms with Gasteiger partial charge in [-0.25, -0.2) is 0 Å². The van der Waals surface area contributed by atoms with E-state index < -0.39 is 18.8 Å². The van der Waals surface area contributed by atoms with Gasteiger partial charge in [0.05, 0.1) is 0 Å². The lowest BCUT2D eigenvalue weighted by molar-refractivity contribution is 0.0557. The summed E-state index contributed by atoms with van der Waals surface area (Å²) in [5, 5.41) is 8.67. The van der Waals surface area contributed by atoms with E-state index in [-0.39, 0.29) is 11.1 Å². The van der Waals surface area contributed by atoms with Crippen molar-refractivity contribution in [2.45, 2.75) is 43.5 Å². The normalized spacial score (nSPS) is 12.6. The van der Waals surface area contributed by atoms with Gasteiger partial charge >= 0.3 is 13.3 Å². The first kappa shape index (κ1) is 22.1. The van der Waals surface area contributed by atoms with Gasteiger partial charge in [0.25, 0.3) is 0 Å². The third-order valence-corrected chi connectivity index (χ3v) is 6.18. The number of alkyl halides is 2. The van der Waals surface area contributed by atoms with E-state index >= 15 is 0 Å². The van der Waals surface area contributed by atoms with Gasteiger partial charge < -0.3 is 14.9 Å². The summed E-state index contributed by atoms with van der Waals surface area (Å²) >= 11 is 4.67. The van der Waals surface area contributed by atoms with Crippen LogP contribution >= 0.6 is 35.3 Å². The summed E-state index contributed by atoms with van der Waals surface area (Å²) in [7, 11) is -5.56. The van der Waals surface area contributed by atoms with E-state index in [4.69, 9.17) is 14.9 Å². The SMILES string of the molecule is O=P(O)(O)C(F)(F)c1ccc(CSCCCCCCCO)cc1Br. The van der Waals surface area contributed by atoms with Crippen molar-refractivity contribution in [2.75, 3.05) is 12.4 Å². The van der Waals surface area contributed by atoms with Gasteiger partial charge in [0.1, 0.15) is 0 Å². The molecular formula is C15H22BrF2O4PS. The van der Waals surface area contributed by atoms with Gasteiger partial charge in [0, 0.05) is 22.4 Å². The Kier molecular flexibility index (Phi) is 9.41. The van der Waals surface area contributed by atoms with Crippen LogP contribution in [0.4, 0.5) is 8.78 Å². The lowest BCUT2D eigenvalue weighted by atomic mass is 10.1. The second-order valence-electron chi connectivity index (χ2n) is 5.44. The van der Waals surface area contributed by atoms with E-state index in [0.717, 1.165) is 49.5 Å². The summed E-state index contributed by atoms with van der Waals surface area (Å²) in [6.07, 6.45) is 5.13. The van der Waals surface area contributed by atoms with Crippen LogP contribution in [0.3, 0.4) is 0 Å². The number of thioether (sulfide) groups is 1. The molecule has 0 aliphatic heterocycles. The number of rotatable bonds is 11. The molecule has 4 nitrogen and oxygen atoms in total. The molecule has 1 rings (SSSR count). The lowest BCUT2D eigenvalue weighted by Gasteiger charge is -2.19. The maximum absolute atomic E-state index is 13.7. The smallest absolute Gasteiger partial charge is 0.396 e. The Morgan fingerprint density at radius 1 is 1.12 bits per heavy atom. The van der Waals surface area contributed by atoms with Crippen LogP contribution in [0, 0.1) is 0 Å². The monoisotopic (exact) mass is 446 g/mol. The first-order valence-corrected chi connectivity index (χ1v) is 11.2. The van der Waals surface area contributed by atoms with Gasteiger partial charge in [0.2, 0.25) is 0 Å². The van der Waals surface area contributed by atoms with E-state index in [1.54, 1.807) is 11.8 Å². The Balaban J connectivity index is 2.47. The molecule has 0 saturated heterocycles. The van der Waals surface area contributed by atoms with Gasteiger partial charge in [0.15, 0.2) is 0 Å². The van der Waals surface area contributed by atoms with Crippen LogP contribution in [0.2, 0.25) is 0 Å².